The minimum Gasteiger partial charge on any atom is -0.388 e. The summed E-state index contributed by atoms with van der Waals surface area (Å²) in [4.78, 5) is 17.0. The Hall–Kier alpha value is -1.85. The summed E-state index contributed by atoms with van der Waals surface area (Å²) in [6.45, 7) is 2.14. The first-order valence-corrected chi connectivity index (χ1v) is 9.34. The molecule has 126 valence electrons. The number of hydrogen-bond acceptors (Lipinski definition) is 4. The van der Waals surface area contributed by atoms with Crippen LogP contribution in [-0.4, -0.2) is 39.6 Å². The fraction of sp³-hybridized carbons (Fsp3) is 0.368. The lowest BCUT2D eigenvalue weighted by Crippen LogP contribution is -2.45. The van der Waals surface area contributed by atoms with Gasteiger partial charge in [0.05, 0.1) is 22.6 Å². The second-order valence-electron chi connectivity index (χ2n) is 6.21. The number of pyridine rings is 1. The van der Waals surface area contributed by atoms with Crippen LogP contribution in [-0.2, 0) is 0 Å². The van der Waals surface area contributed by atoms with Gasteiger partial charge in [0.1, 0.15) is 0 Å². The minimum absolute atomic E-state index is 0.175. The van der Waals surface area contributed by atoms with Crippen LogP contribution in [0.2, 0.25) is 0 Å². The zero-order valence-corrected chi connectivity index (χ0v) is 14.6. The van der Waals surface area contributed by atoms with Gasteiger partial charge >= 0.3 is 0 Å². The van der Waals surface area contributed by atoms with Gasteiger partial charge in [-0.3, -0.25) is 9.78 Å². The Balaban J connectivity index is 1.69. The van der Waals surface area contributed by atoms with Gasteiger partial charge in [-0.1, -0.05) is 30.3 Å². The quantitative estimate of drug-likeness (QED) is 0.896. The van der Waals surface area contributed by atoms with Crippen LogP contribution < -0.4 is 5.32 Å². The van der Waals surface area contributed by atoms with Gasteiger partial charge in [-0.25, -0.2) is 0 Å². The highest BCUT2D eigenvalue weighted by Gasteiger charge is 2.30. The summed E-state index contributed by atoms with van der Waals surface area (Å²) in [6.07, 6.45) is 1.45. The molecule has 5 heteroatoms. The van der Waals surface area contributed by atoms with Crippen molar-refractivity contribution in [3.05, 3.63) is 53.7 Å². The lowest BCUT2D eigenvalue weighted by Gasteiger charge is -2.31. The van der Waals surface area contributed by atoms with Crippen LogP contribution in [0, 0.1) is 6.92 Å². The van der Waals surface area contributed by atoms with Gasteiger partial charge in [0, 0.05) is 12.1 Å². The van der Waals surface area contributed by atoms with E-state index >= 15 is 0 Å². The molecule has 2 N–H and O–H groups in total. The van der Waals surface area contributed by atoms with E-state index in [2.05, 4.69) is 10.3 Å². The molecule has 3 rings (SSSR count). The predicted octanol–water partition coefficient (Wildman–Crippen LogP) is 3.04. The lowest BCUT2D eigenvalue weighted by molar-refractivity contribution is 0.0311. The van der Waals surface area contributed by atoms with E-state index in [4.69, 9.17) is 0 Å². The largest absolute Gasteiger partial charge is 0.388 e. The average Bonchev–Trinajstić information content (AvgIpc) is 2.61. The number of aliphatic hydroxyl groups is 1. The third kappa shape index (κ3) is 3.97. The molecular weight excluding hydrogens is 320 g/mol. The lowest BCUT2D eigenvalue weighted by atomic mass is 9.96. The van der Waals surface area contributed by atoms with E-state index in [1.165, 1.54) is 0 Å². The van der Waals surface area contributed by atoms with Crippen molar-refractivity contribution in [3.63, 3.8) is 0 Å². The molecule has 0 bridgehead atoms. The first kappa shape index (κ1) is 17.0. The van der Waals surface area contributed by atoms with Crippen LogP contribution in [0.5, 0.6) is 0 Å². The van der Waals surface area contributed by atoms with Gasteiger partial charge in [-0.15, -0.1) is 0 Å². The fourth-order valence-electron chi connectivity index (χ4n) is 2.84. The van der Waals surface area contributed by atoms with Gasteiger partial charge < -0.3 is 10.4 Å². The van der Waals surface area contributed by atoms with Crippen LogP contribution in [0.4, 0.5) is 0 Å². The molecule has 1 saturated heterocycles. The third-order valence-electron chi connectivity index (χ3n) is 4.40. The second kappa shape index (κ2) is 7.36. The number of aromatic nitrogens is 1. The van der Waals surface area contributed by atoms with E-state index in [-0.39, 0.29) is 5.91 Å². The third-order valence-corrected chi connectivity index (χ3v) is 5.39. The molecular formula is C19H22N2O2S. The van der Waals surface area contributed by atoms with Gasteiger partial charge in [0.15, 0.2) is 0 Å². The highest BCUT2D eigenvalue weighted by atomic mass is 32.2. The average molecular weight is 342 g/mol. The first-order valence-electron chi connectivity index (χ1n) is 8.19. The van der Waals surface area contributed by atoms with Crippen LogP contribution in [0.1, 0.15) is 28.9 Å². The zero-order valence-electron chi connectivity index (χ0n) is 13.8. The van der Waals surface area contributed by atoms with Crippen molar-refractivity contribution in [2.75, 3.05) is 18.1 Å². The number of carbonyl (C=O) groups excluding carboxylic acids is 1. The SMILES string of the molecule is Cc1nc(-c2ccccc2)ccc1C(=O)NCC1(O)CCSCC1. The molecule has 0 spiro atoms. The molecule has 0 radical (unpaired) electrons. The number of amides is 1. The van der Waals surface area contributed by atoms with Crippen molar-refractivity contribution in [3.8, 4) is 11.3 Å². The summed E-state index contributed by atoms with van der Waals surface area (Å²) < 4.78 is 0. The number of benzene rings is 1. The van der Waals surface area contributed by atoms with Crippen molar-refractivity contribution < 1.29 is 9.90 Å². The maximum absolute atomic E-state index is 12.4. The number of nitrogens with zero attached hydrogens (tertiary/aromatic N) is 1. The van der Waals surface area contributed by atoms with Crippen LogP contribution in [0.15, 0.2) is 42.5 Å². The molecule has 0 saturated carbocycles. The molecule has 1 aromatic heterocycles. The van der Waals surface area contributed by atoms with Crippen LogP contribution in [0.3, 0.4) is 0 Å². The molecule has 1 aliphatic rings. The van der Waals surface area contributed by atoms with Crippen LogP contribution >= 0.6 is 11.8 Å². The predicted molar refractivity (Wildman–Crippen MR) is 98.3 cm³/mol. The van der Waals surface area contributed by atoms with Gasteiger partial charge in [0.25, 0.3) is 5.91 Å². The normalized spacial score (nSPS) is 16.6. The smallest absolute Gasteiger partial charge is 0.253 e. The van der Waals surface area contributed by atoms with Gasteiger partial charge in [-0.2, -0.15) is 11.8 Å². The van der Waals surface area contributed by atoms with Crippen molar-refractivity contribution in [2.24, 2.45) is 0 Å². The molecule has 1 aromatic carbocycles. The molecule has 2 heterocycles. The van der Waals surface area contributed by atoms with Crippen molar-refractivity contribution >= 4 is 17.7 Å². The molecule has 24 heavy (non-hydrogen) atoms. The highest BCUT2D eigenvalue weighted by Crippen LogP contribution is 2.26. The van der Waals surface area contributed by atoms with E-state index in [1.807, 2.05) is 55.1 Å². The Morgan fingerprint density at radius 1 is 1.21 bits per heavy atom. The van der Waals surface area contributed by atoms with Crippen molar-refractivity contribution in [1.29, 1.82) is 0 Å². The molecule has 1 aliphatic heterocycles. The van der Waals surface area contributed by atoms with Gasteiger partial charge in [0.2, 0.25) is 0 Å². The van der Waals surface area contributed by atoms with Crippen molar-refractivity contribution in [2.45, 2.75) is 25.4 Å². The molecule has 4 nitrogen and oxygen atoms in total. The van der Waals surface area contributed by atoms with E-state index in [1.54, 1.807) is 6.07 Å². The number of hydrogen-bond donors (Lipinski definition) is 2. The maximum atomic E-state index is 12.4. The summed E-state index contributed by atoms with van der Waals surface area (Å²) in [5.74, 6) is 1.71. The number of rotatable bonds is 4. The number of aryl methyl sites for hydroxylation is 1. The molecule has 0 unspecified atom stereocenters. The van der Waals surface area contributed by atoms with E-state index in [9.17, 15) is 9.90 Å². The summed E-state index contributed by atoms with van der Waals surface area (Å²) in [6, 6.07) is 13.6. The molecule has 1 fully saturated rings. The summed E-state index contributed by atoms with van der Waals surface area (Å²) in [7, 11) is 0. The first-order chi connectivity index (χ1) is 11.6. The molecule has 0 aliphatic carbocycles. The van der Waals surface area contributed by atoms with Gasteiger partial charge in [-0.05, 0) is 43.4 Å². The fourth-order valence-corrected chi connectivity index (χ4v) is 4.09. The summed E-state index contributed by atoms with van der Waals surface area (Å²) in [5, 5.41) is 13.4. The monoisotopic (exact) mass is 342 g/mol. The Morgan fingerprint density at radius 2 is 1.92 bits per heavy atom. The van der Waals surface area contributed by atoms with E-state index in [0.717, 1.165) is 35.6 Å². The number of thioether (sulfide) groups is 1. The standard InChI is InChI=1S/C19H22N2O2S/c1-14-16(7-8-17(21-14)15-5-3-2-4-6-15)18(22)20-13-19(23)9-11-24-12-10-19/h2-8,23H,9-13H2,1H3,(H,20,22). The Kier molecular flexibility index (Phi) is 5.21. The highest BCUT2D eigenvalue weighted by molar-refractivity contribution is 7.99. The second-order valence-corrected chi connectivity index (χ2v) is 7.44. The number of nitrogens with one attached hydrogen (secondary N) is 1. The van der Waals surface area contributed by atoms with E-state index < -0.39 is 5.60 Å². The summed E-state index contributed by atoms with van der Waals surface area (Å²) >= 11 is 1.85. The number of carbonyl (C=O) groups is 1. The summed E-state index contributed by atoms with van der Waals surface area (Å²) in [5.41, 5.74) is 2.37. The maximum Gasteiger partial charge on any atom is 0.253 e. The Labute approximate surface area is 146 Å². The molecule has 1 amide bonds. The molecule has 0 atom stereocenters. The minimum atomic E-state index is -0.772. The Bertz CT molecular complexity index is 713. The zero-order chi connectivity index (χ0) is 17.0. The Morgan fingerprint density at radius 3 is 2.58 bits per heavy atom. The van der Waals surface area contributed by atoms with Crippen molar-refractivity contribution in [1.82, 2.24) is 10.3 Å². The van der Waals surface area contributed by atoms with E-state index in [0.29, 0.717) is 17.8 Å². The molecule has 2 aromatic rings. The van der Waals surface area contributed by atoms with Crippen LogP contribution in [0.25, 0.3) is 11.3 Å². The topological polar surface area (TPSA) is 62.2 Å².